The predicted molar refractivity (Wildman–Crippen MR) is 75.7 cm³/mol. The first-order valence-electron chi connectivity index (χ1n) is 6.31. The van der Waals surface area contributed by atoms with Crippen LogP contribution in [0.1, 0.15) is 32.3 Å². The minimum Gasteiger partial charge on any atom is -0.319 e. The Labute approximate surface area is 111 Å². The maximum Gasteiger partial charge on any atom is 0.248 e. The maximum absolute atomic E-state index is 11.6. The lowest BCUT2D eigenvalue weighted by atomic mass is 10.2. The van der Waals surface area contributed by atoms with Crippen LogP contribution in [0.3, 0.4) is 0 Å². The number of hydrogen-bond donors (Lipinski definition) is 0. The number of nitrogens with zero attached hydrogens (tertiary/aromatic N) is 2. The van der Waals surface area contributed by atoms with Gasteiger partial charge in [0.05, 0.1) is 10.2 Å². The van der Waals surface area contributed by atoms with E-state index in [4.69, 9.17) is 0 Å². The van der Waals surface area contributed by atoms with Crippen LogP contribution in [0.2, 0.25) is 0 Å². The molecule has 0 saturated heterocycles. The second-order valence-electron chi connectivity index (χ2n) is 4.35. The third kappa shape index (κ3) is 2.53. The molecule has 0 aliphatic rings. The summed E-state index contributed by atoms with van der Waals surface area (Å²) in [5.41, 5.74) is 2.45. The number of aromatic nitrogens is 1. The minimum absolute atomic E-state index is 0.0321. The first-order chi connectivity index (χ1) is 8.65. The highest BCUT2D eigenvalue weighted by atomic mass is 32.1. The summed E-state index contributed by atoms with van der Waals surface area (Å²) in [6.45, 7) is 4.14. The zero-order valence-electron chi connectivity index (χ0n) is 11.1. The van der Waals surface area contributed by atoms with Crippen LogP contribution in [0.5, 0.6) is 0 Å². The Kier molecular flexibility index (Phi) is 3.97. The van der Waals surface area contributed by atoms with Crippen molar-refractivity contribution >= 4 is 27.5 Å². The van der Waals surface area contributed by atoms with Gasteiger partial charge in [0.15, 0.2) is 4.80 Å². The van der Waals surface area contributed by atoms with E-state index < -0.39 is 0 Å². The summed E-state index contributed by atoms with van der Waals surface area (Å²) in [7, 11) is 1.96. The molecule has 0 bridgehead atoms. The molecule has 0 radical (unpaired) electrons. The Morgan fingerprint density at radius 1 is 1.39 bits per heavy atom. The molecule has 4 heteroatoms. The quantitative estimate of drug-likeness (QED) is 0.837. The number of aryl methyl sites for hydroxylation is 2. The van der Waals surface area contributed by atoms with Gasteiger partial charge in [0.1, 0.15) is 0 Å². The average molecular weight is 262 g/mol. The molecule has 0 aliphatic carbocycles. The van der Waals surface area contributed by atoms with Gasteiger partial charge < -0.3 is 4.57 Å². The van der Waals surface area contributed by atoms with E-state index in [0.717, 1.165) is 23.2 Å². The van der Waals surface area contributed by atoms with E-state index in [1.54, 1.807) is 11.3 Å². The molecule has 0 fully saturated rings. The molecular formula is C14H18N2OS. The van der Waals surface area contributed by atoms with Crippen molar-refractivity contribution in [3.05, 3.63) is 28.6 Å². The first-order valence-corrected chi connectivity index (χ1v) is 7.13. The number of thiazole rings is 1. The van der Waals surface area contributed by atoms with Crippen molar-refractivity contribution in [1.82, 2.24) is 4.57 Å². The van der Waals surface area contributed by atoms with E-state index in [-0.39, 0.29) is 5.91 Å². The van der Waals surface area contributed by atoms with Crippen LogP contribution in [0.4, 0.5) is 0 Å². The number of fused-ring (bicyclic) bond motifs is 1. The average Bonchev–Trinajstić information content (AvgIpc) is 2.66. The van der Waals surface area contributed by atoms with E-state index in [2.05, 4.69) is 30.1 Å². The number of carbonyl (C=O) groups excluding carboxylic acids is 1. The molecule has 0 spiro atoms. The lowest BCUT2D eigenvalue weighted by Crippen LogP contribution is -2.12. The summed E-state index contributed by atoms with van der Waals surface area (Å²) in [5.74, 6) is -0.0321. The number of benzene rings is 1. The largest absolute Gasteiger partial charge is 0.319 e. The Bertz CT molecular complexity index is 637. The molecule has 18 heavy (non-hydrogen) atoms. The minimum atomic E-state index is -0.0321. The highest BCUT2D eigenvalue weighted by Gasteiger charge is 2.05. The zero-order valence-corrected chi connectivity index (χ0v) is 11.9. The van der Waals surface area contributed by atoms with Gasteiger partial charge in [0.2, 0.25) is 5.91 Å². The van der Waals surface area contributed by atoms with Crippen molar-refractivity contribution in [3.63, 3.8) is 0 Å². The van der Waals surface area contributed by atoms with E-state index in [1.165, 1.54) is 10.3 Å². The summed E-state index contributed by atoms with van der Waals surface area (Å²) in [6, 6.07) is 6.42. The van der Waals surface area contributed by atoms with Crippen molar-refractivity contribution in [3.8, 4) is 0 Å². The molecule has 3 nitrogen and oxygen atoms in total. The normalized spacial score (nSPS) is 12.3. The Morgan fingerprint density at radius 3 is 2.83 bits per heavy atom. The van der Waals surface area contributed by atoms with E-state index in [9.17, 15) is 4.79 Å². The van der Waals surface area contributed by atoms with Crippen LogP contribution < -0.4 is 4.80 Å². The van der Waals surface area contributed by atoms with Gasteiger partial charge in [-0.2, -0.15) is 4.99 Å². The highest BCUT2D eigenvalue weighted by Crippen LogP contribution is 2.18. The lowest BCUT2D eigenvalue weighted by Gasteiger charge is -1.97. The van der Waals surface area contributed by atoms with Crippen molar-refractivity contribution in [2.45, 2.75) is 33.1 Å². The highest BCUT2D eigenvalue weighted by molar-refractivity contribution is 7.16. The molecule has 0 aliphatic heterocycles. The van der Waals surface area contributed by atoms with Gasteiger partial charge in [-0.15, -0.1) is 0 Å². The van der Waals surface area contributed by atoms with Gasteiger partial charge in [-0.1, -0.05) is 31.3 Å². The third-order valence-electron chi connectivity index (χ3n) is 2.97. The van der Waals surface area contributed by atoms with Crippen LogP contribution in [-0.2, 0) is 18.3 Å². The van der Waals surface area contributed by atoms with Crippen molar-refractivity contribution in [2.75, 3.05) is 0 Å². The summed E-state index contributed by atoms with van der Waals surface area (Å²) in [4.78, 5) is 16.6. The molecule has 1 amide bonds. The molecule has 0 N–H and O–H groups in total. The number of carbonyl (C=O) groups is 1. The molecule has 2 aromatic rings. The van der Waals surface area contributed by atoms with Crippen molar-refractivity contribution in [2.24, 2.45) is 12.0 Å². The second-order valence-corrected chi connectivity index (χ2v) is 5.36. The summed E-state index contributed by atoms with van der Waals surface area (Å²) < 4.78 is 3.19. The standard InChI is InChI=1S/C14H18N2OS/c1-4-6-13(17)15-14-16(3)11-8-7-10(5-2)9-12(11)18-14/h7-9H,4-6H2,1-3H3. The van der Waals surface area contributed by atoms with Gasteiger partial charge in [0, 0.05) is 13.5 Å². The molecule has 1 heterocycles. The van der Waals surface area contributed by atoms with Gasteiger partial charge in [-0.05, 0) is 30.5 Å². The molecule has 96 valence electrons. The number of rotatable bonds is 3. The Morgan fingerprint density at radius 2 is 2.17 bits per heavy atom. The fraction of sp³-hybridized carbons (Fsp3) is 0.429. The fourth-order valence-corrected chi connectivity index (χ4v) is 2.98. The molecule has 1 aromatic heterocycles. The van der Waals surface area contributed by atoms with Crippen LogP contribution in [-0.4, -0.2) is 10.5 Å². The number of amides is 1. The monoisotopic (exact) mass is 262 g/mol. The summed E-state index contributed by atoms with van der Waals surface area (Å²) in [5, 5.41) is 0. The smallest absolute Gasteiger partial charge is 0.248 e. The lowest BCUT2D eigenvalue weighted by molar-refractivity contribution is -0.118. The van der Waals surface area contributed by atoms with Crippen LogP contribution in [0, 0.1) is 0 Å². The fourth-order valence-electron chi connectivity index (χ4n) is 1.88. The van der Waals surface area contributed by atoms with Gasteiger partial charge in [-0.25, -0.2) is 0 Å². The second kappa shape index (κ2) is 5.48. The van der Waals surface area contributed by atoms with Crippen LogP contribution in [0.15, 0.2) is 23.2 Å². The van der Waals surface area contributed by atoms with Crippen LogP contribution in [0.25, 0.3) is 10.2 Å². The molecular weight excluding hydrogens is 244 g/mol. The maximum atomic E-state index is 11.6. The van der Waals surface area contributed by atoms with E-state index in [1.807, 2.05) is 18.5 Å². The topological polar surface area (TPSA) is 34.4 Å². The van der Waals surface area contributed by atoms with Gasteiger partial charge in [0.25, 0.3) is 0 Å². The van der Waals surface area contributed by atoms with Gasteiger partial charge >= 0.3 is 0 Å². The third-order valence-corrected chi connectivity index (χ3v) is 4.06. The molecule has 0 atom stereocenters. The zero-order chi connectivity index (χ0) is 13.1. The predicted octanol–water partition coefficient (Wildman–Crippen LogP) is 3.03. The summed E-state index contributed by atoms with van der Waals surface area (Å²) >= 11 is 1.58. The molecule has 0 saturated carbocycles. The van der Waals surface area contributed by atoms with Crippen LogP contribution >= 0.6 is 11.3 Å². The Balaban J connectivity index is 2.53. The van der Waals surface area contributed by atoms with E-state index >= 15 is 0 Å². The Hall–Kier alpha value is -1.42. The van der Waals surface area contributed by atoms with E-state index in [0.29, 0.717) is 6.42 Å². The van der Waals surface area contributed by atoms with Crippen molar-refractivity contribution < 1.29 is 4.79 Å². The van der Waals surface area contributed by atoms with Gasteiger partial charge in [-0.3, -0.25) is 4.79 Å². The van der Waals surface area contributed by atoms with Crippen molar-refractivity contribution in [1.29, 1.82) is 0 Å². The number of hydrogen-bond acceptors (Lipinski definition) is 2. The molecule has 0 unspecified atom stereocenters. The SMILES string of the molecule is CCCC(=O)N=c1sc2cc(CC)ccc2n1C. The summed E-state index contributed by atoms with van der Waals surface area (Å²) in [6.07, 6.45) is 2.39. The molecule has 1 aromatic carbocycles. The molecule has 2 rings (SSSR count). The first kappa shape index (κ1) is 13.0.